The molecule has 1 saturated heterocycles. The summed E-state index contributed by atoms with van der Waals surface area (Å²) in [6, 6.07) is 8.37. The molecular weight excluding hydrogens is 630 g/mol. The number of ether oxygens (including phenoxy) is 4. The number of aryl methyl sites for hydroxylation is 1. The molecule has 2 aromatic rings. The van der Waals surface area contributed by atoms with Crippen molar-refractivity contribution in [3.05, 3.63) is 47.5 Å². The fourth-order valence-electron chi connectivity index (χ4n) is 7.10. The lowest BCUT2D eigenvalue weighted by atomic mass is 9.82. The Hall–Kier alpha value is -4.48. The Morgan fingerprint density at radius 2 is 1.65 bits per heavy atom. The van der Waals surface area contributed by atoms with E-state index in [1.54, 1.807) is 45.1 Å². The molecule has 2 aliphatic heterocycles. The van der Waals surface area contributed by atoms with Gasteiger partial charge in [-0.15, -0.1) is 0 Å². The number of nitrogens with zero attached hydrogens (tertiary/aromatic N) is 1. The molecule has 3 N–H and O–H groups in total. The van der Waals surface area contributed by atoms with Gasteiger partial charge in [0.05, 0.1) is 14.2 Å². The molecule has 3 atom stereocenters. The number of phenolic OH excluding ortho intramolecular Hbond substituents is 1. The van der Waals surface area contributed by atoms with E-state index in [1.807, 2.05) is 12.1 Å². The quantitative estimate of drug-likeness (QED) is 0.378. The highest BCUT2D eigenvalue weighted by Gasteiger charge is 2.42. The van der Waals surface area contributed by atoms with Gasteiger partial charge in [0.2, 0.25) is 11.8 Å². The molecule has 1 aliphatic carbocycles. The molecule has 0 aromatic heterocycles. The number of fused-ring (bicyclic) bond motifs is 3. The maximum Gasteiger partial charge on any atom is 0.329 e. The summed E-state index contributed by atoms with van der Waals surface area (Å²) >= 11 is 0. The predicted molar refractivity (Wildman–Crippen MR) is 180 cm³/mol. The van der Waals surface area contributed by atoms with Gasteiger partial charge in [0.25, 0.3) is 5.91 Å². The second-order valence-corrected chi connectivity index (χ2v) is 13.8. The third kappa shape index (κ3) is 8.76. The van der Waals surface area contributed by atoms with E-state index in [2.05, 4.69) is 10.6 Å². The molecule has 2 bridgehead atoms. The van der Waals surface area contributed by atoms with E-state index in [-0.39, 0.29) is 23.3 Å². The smallest absolute Gasteiger partial charge is 0.329 e. The Balaban J connectivity index is 1.51. The zero-order valence-corrected chi connectivity index (χ0v) is 28.9. The van der Waals surface area contributed by atoms with Gasteiger partial charge in [0.15, 0.2) is 18.1 Å². The van der Waals surface area contributed by atoms with Crippen molar-refractivity contribution >= 4 is 23.7 Å². The number of phenols is 1. The number of carbonyl (C=O) groups excluding carboxylic acids is 4. The highest BCUT2D eigenvalue weighted by molar-refractivity contribution is 5.95. The Morgan fingerprint density at radius 1 is 0.918 bits per heavy atom. The van der Waals surface area contributed by atoms with Crippen LogP contribution in [0.3, 0.4) is 0 Å². The average molecular weight is 680 g/mol. The molecule has 2 fully saturated rings. The molecule has 0 spiro atoms. The average Bonchev–Trinajstić information content (AvgIpc) is 3.10. The van der Waals surface area contributed by atoms with Crippen LogP contribution in [0.15, 0.2) is 36.4 Å². The molecule has 266 valence electrons. The van der Waals surface area contributed by atoms with Crippen molar-refractivity contribution in [1.82, 2.24) is 15.5 Å². The number of methoxy groups -OCH3 is 2. The number of hydrogen-bond donors (Lipinski definition) is 3. The van der Waals surface area contributed by atoms with Gasteiger partial charge < -0.3 is 39.6 Å². The number of amides is 3. The first-order valence-corrected chi connectivity index (χ1v) is 17.3. The minimum absolute atomic E-state index is 0.0978. The van der Waals surface area contributed by atoms with Crippen molar-refractivity contribution in [2.45, 2.75) is 102 Å². The predicted octanol–water partition coefficient (Wildman–Crippen LogP) is 4.36. The summed E-state index contributed by atoms with van der Waals surface area (Å²) in [6.45, 7) is 3.08. The van der Waals surface area contributed by atoms with Crippen LogP contribution in [0.5, 0.6) is 23.0 Å². The molecule has 3 aliphatic rings. The van der Waals surface area contributed by atoms with Crippen molar-refractivity contribution in [2.75, 3.05) is 27.4 Å². The van der Waals surface area contributed by atoms with Crippen molar-refractivity contribution in [2.24, 2.45) is 5.92 Å². The zero-order valence-electron chi connectivity index (χ0n) is 28.9. The number of esters is 1. The Kier molecular flexibility index (Phi) is 11.6. The monoisotopic (exact) mass is 679 g/mol. The molecule has 0 radical (unpaired) electrons. The van der Waals surface area contributed by atoms with Gasteiger partial charge in [-0.3, -0.25) is 14.4 Å². The number of benzene rings is 2. The molecule has 2 aromatic carbocycles. The van der Waals surface area contributed by atoms with E-state index in [1.165, 1.54) is 12.1 Å². The molecule has 5 rings (SSSR count). The summed E-state index contributed by atoms with van der Waals surface area (Å²) in [5, 5.41) is 16.4. The SMILES string of the molecule is COc1ccc(CC[C@H]2OC(=O)[C@@H]3CCCCN3C(=O)[C@@H](C3CCCCC3)NC(=O)C(C)(C)NC(=O)COc3cc(O)cc2c3)cc1OC. The van der Waals surface area contributed by atoms with Gasteiger partial charge in [-0.25, -0.2) is 4.79 Å². The van der Waals surface area contributed by atoms with Gasteiger partial charge in [-0.1, -0.05) is 25.3 Å². The number of cyclic esters (lactones) is 1. The van der Waals surface area contributed by atoms with Crippen molar-refractivity contribution in [3.8, 4) is 23.0 Å². The minimum Gasteiger partial charge on any atom is -0.508 e. The van der Waals surface area contributed by atoms with Gasteiger partial charge in [0.1, 0.15) is 35.2 Å². The fraction of sp³-hybridized carbons (Fsp3) is 0.568. The maximum absolute atomic E-state index is 14.4. The van der Waals surface area contributed by atoms with E-state index in [0.29, 0.717) is 42.9 Å². The van der Waals surface area contributed by atoms with Crippen LogP contribution >= 0.6 is 0 Å². The van der Waals surface area contributed by atoms with E-state index in [0.717, 1.165) is 50.5 Å². The first-order chi connectivity index (χ1) is 23.5. The lowest BCUT2D eigenvalue weighted by Gasteiger charge is -2.40. The third-order valence-corrected chi connectivity index (χ3v) is 9.81. The zero-order chi connectivity index (χ0) is 35.1. The van der Waals surface area contributed by atoms with E-state index in [9.17, 15) is 24.3 Å². The lowest BCUT2D eigenvalue weighted by Crippen LogP contribution is -2.63. The Bertz CT molecular complexity index is 1520. The number of carbonyl (C=O) groups is 4. The number of piperidine rings is 1. The van der Waals surface area contributed by atoms with Gasteiger partial charge in [-0.05, 0) is 100 Å². The molecule has 0 unspecified atom stereocenters. The number of rotatable bonds is 6. The molecule has 49 heavy (non-hydrogen) atoms. The topological polar surface area (TPSA) is 153 Å². The normalized spacial score (nSPS) is 24.0. The largest absolute Gasteiger partial charge is 0.508 e. The van der Waals surface area contributed by atoms with Gasteiger partial charge >= 0.3 is 5.97 Å². The van der Waals surface area contributed by atoms with Gasteiger partial charge in [0, 0.05) is 12.6 Å². The summed E-state index contributed by atoms with van der Waals surface area (Å²) in [6.07, 6.45) is 6.37. The maximum atomic E-state index is 14.4. The van der Waals surface area contributed by atoms with Crippen molar-refractivity contribution in [1.29, 1.82) is 0 Å². The standard InChI is InChI=1S/C37H49N3O9/c1-37(2)36(45)38-33(24-10-6-5-7-11-24)34(43)40-17-9-8-12-28(40)35(44)49-29(15-13-23-14-16-30(46-3)31(18-23)47-4)25-19-26(41)21-27(20-25)48-22-32(42)39-37/h14,16,18-21,24,28-29,33,41H,5-13,15,17,22H2,1-4H3,(H,38,45)(H,39,42)/t28-,29+,33+/m0/s1. The van der Waals surface area contributed by atoms with Crippen LogP contribution in [0.25, 0.3) is 0 Å². The van der Waals surface area contributed by atoms with Crippen LogP contribution in [0, 0.1) is 5.92 Å². The van der Waals surface area contributed by atoms with E-state index in [4.69, 9.17) is 18.9 Å². The van der Waals surface area contributed by atoms with Crippen molar-refractivity contribution in [3.63, 3.8) is 0 Å². The Labute approximate surface area is 287 Å². The number of aromatic hydroxyl groups is 1. The van der Waals surface area contributed by atoms with Crippen LogP contribution in [-0.2, 0) is 30.3 Å². The number of nitrogens with one attached hydrogen (secondary N) is 2. The minimum atomic E-state index is -1.36. The summed E-state index contributed by atoms with van der Waals surface area (Å²) in [5.74, 6) is -0.800. The summed E-state index contributed by atoms with van der Waals surface area (Å²) in [4.78, 5) is 56.8. The van der Waals surface area contributed by atoms with Crippen LogP contribution in [-0.4, -0.2) is 78.7 Å². The first-order valence-electron chi connectivity index (χ1n) is 17.3. The van der Waals surface area contributed by atoms with Crippen LogP contribution in [0.1, 0.15) is 88.9 Å². The second kappa shape index (κ2) is 15.8. The van der Waals surface area contributed by atoms with Crippen LogP contribution in [0.4, 0.5) is 0 Å². The molecule has 1 saturated carbocycles. The molecular formula is C37H49N3O9. The van der Waals surface area contributed by atoms with E-state index >= 15 is 0 Å². The number of hydrogen-bond acceptors (Lipinski definition) is 9. The van der Waals surface area contributed by atoms with Gasteiger partial charge in [-0.2, -0.15) is 0 Å². The highest BCUT2D eigenvalue weighted by Crippen LogP contribution is 2.35. The van der Waals surface area contributed by atoms with Crippen molar-refractivity contribution < 1.29 is 43.2 Å². The van der Waals surface area contributed by atoms with Crippen LogP contribution in [0.2, 0.25) is 0 Å². The lowest BCUT2D eigenvalue weighted by molar-refractivity contribution is -0.163. The molecule has 2 heterocycles. The molecule has 12 heteroatoms. The summed E-state index contributed by atoms with van der Waals surface area (Å²) in [7, 11) is 3.12. The fourth-order valence-corrected chi connectivity index (χ4v) is 7.10. The first kappa shape index (κ1) is 35.8. The third-order valence-electron chi connectivity index (χ3n) is 9.81. The molecule has 3 amide bonds. The molecule has 12 nitrogen and oxygen atoms in total. The van der Waals surface area contributed by atoms with E-state index < -0.39 is 48.1 Å². The van der Waals surface area contributed by atoms with Crippen LogP contribution < -0.4 is 24.8 Å². The highest BCUT2D eigenvalue weighted by atomic mass is 16.5. The second-order valence-electron chi connectivity index (χ2n) is 13.8. The summed E-state index contributed by atoms with van der Waals surface area (Å²) < 4.78 is 22.9. The Morgan fingerprint density at radius 3 is 2.39 bits per heavy atom. The summed E-state index contributed by atoms with van der Waals surface area (Å²) in [5.41, 5.74) is 0.0224.